The van der Waals surface area contributed by atoms with Crippen LogP contribution in [0.3, 0.4) is 0 Å². The number of benzene rings is 1. The first-order valence-corrected chi connectivity index (χ1v) is 5.54. The third-order valence-electron chi connectivity index (χ3n) is 2.73. The van der Waals surface area contributed by atoms with E-state index in [9.17, 15) is 14.3 Å². The van der Waals surface area contributed by atoms with Crippen molar-refractivity contribution in [1.82, 2.24) is 4.98 Å². The van der Waals surface area contributed by atoms with E-state index in [1.165, 1.54) is 24.3 Å². The van der Waals surface area contributed by atoms with Gasteiger partial charge in [0.1, 0.15) is 5.82 Å². The molecule has 0 bridgehead atoms. The van der Waals surface area contributed by atoms with Crippen LogP contribution in [0, 0.1) is 5.82 Å². The third-order valence-corrected chi connectivity index (χ3v) is 2.73. The summed E-state index contributed by atoms with van der Waals surface area (Å²) in [4.78, 5) is 15.2. The number of aromatic nitrogens is 1. The van der Waals surface area contributed by atoms with E-state index in [0.717, 1.165) is 5.56 Å². The minimum atomic E-state index is -0.925. The van der Waals surface area contributed by atoms with Crippen molar-refractivity contribution in [2.45, 2.75) is 12.3 Å². The SMILES string of the molecule is O=C(O)C(Cc1cccnc1)c1ccc(F)cc1. The highest BCUT2D eigenvalue weighted by molar-refractivity contribution is 5.76. The molecule has 18 heavy (non-hydrogen) atoms. The lowest BCUT2D eigenvalue weighted by Gasteiger charge is -2.12. The van der Waals surface area contributed by atoms with E-state index in [1.807, 2.05) is 6.07 Å². The Balaban J connectivity index is 2.24. The van der Waals surface area contributed by atoms with Gasteiger partial charge in [0, 0.05) is 12.4 Å². The standard InChI is InChI=1S/C14H12FNO2/c15-12-5-3-11(4-6-12)13(14(17)18)8-10-2-1-7-16-9-10/h1-7,9,13H,8H2,(H,17,18). The van der Waals surface area contributed by atoms with Gasteiger partial charge in [-0.1, -0.05) is 18.2 Å². The van der Waals surface area contributed by atoms with Crippen LogP contribution >= 0.6 is 0 Å². The number of carboxylic acid groups (broad SMARTS) is 1. The number of hydrogen-bond acceptors (Lipinski definition) is 2. The fourth-order valence-electron chi connectivity index (χ4n) is 1.80. The summed E-state index contributed by atoms with van der Waals surface area (Å²) in [6.07, 6.45) is 3.62. The van der Waals surface area contributed by atoms with Crippen LogP contribution in [0.5, 0.6) is 0 Å². The predicted molar refractivity (Wildman–Crippen MR) is 64.7 cm³/mol. The first-order chi connectivity index (χ1) is 8.66. The molecular formula is C14H12FNO2. The highest BCUT2D eigenvalue weighted by atomic mass is 19.1. The van der Waals surface area contributed by atoms with E-state index in [1.54, 1.807) is 18.5 Å². The minimum Gasteiger partial charge on any atom is -0.481 e. The summed E-state index contributed by atoms with van der Waals surface area (Å²) in [5.41, 5.74) is 1.43. The number of nitrogens with zero attached hydrogens (tertiary/aromatic N) is 1. The van der Waals surface area contributed by atoms with Crippen molar-refractivity contribution in [2.75, 3.05) is 0 Å². The van der Waals surface area contributed by atoms with E-state index in [-0.39, 0.29) is 5.82 Å². The van der Waals surface area contributed by atoms with Crippen LogP contribution in [0.25, 0.3) is 0 Å². The third kappa shape index (κ3) is 2.91. The maximum atomic E-state index is 12.8. The fraction of sp³-hybridized carbons (Fsp3) is 0.143. The molecule has 0 radical (unpaired) electrons. The lowest BCUT2D eigenvalue weighted by molar-refractivity contribution is -0.138. The molecule has 1 aromatic carbocycles. The molecule has 1 unspecified atom stereocenters. The second-order valence-electron chi connectivity index (χ2n) is 4.01. The van der Waals surface area contributed by atoms with Gasteiger partial charge in [-0.05, 0) is 35.7 Å². The molecule has 0 aliphatic rings. The molecule has 0 fully saturated rings. The maximum absolute atomic E-state index is 12.8. The number of pyridine rings is 1. The van der Waals surface area contributed by atoms with Gasteiger partial charge in [0.05, 0.1) is 5.92 Å². The molecule has 2 rings (SSSR count). The molecule has 1 N–H and O–H groups in total. The van der Waals surface area contributed by atoms with Crippen LogP contribution in [-0.4, -0.2) is 16.1 Å². The molecule has 0 aliphatic carbocycles. The second-order valence-corrected chi connectivity index (χ2v) is 4.01. The zero-order valence-electron chi connectivity index (χ0n) is 9.58. The molecule has 0 saturated heterocycles. The van der Waals surface area contributed by atoms with Crippen molar-refractivity contribution in [3.05, 3.63) is 65.7 Å². The number of carbonyl (C=O) groups is 1. The lowest BCUT2D eigenvalue weighted by atomic mass is 9.93. The Kier molecular flexibility index (Phi) is 3.67. The molecule has 1 heterocycles. The van der Waals surface area contributed by atoms with Gasteiger partial charge in [-0.3, -0.25) is 9.78 Å². The van der Waals surface area contributed by atoms with Gasteiger partial charge in [0.2, 0.25) is 0 Å². The molecule has 4 heteroatoms. The van der Waals surface area contributed by atoms with Crippen LogP contribution in [0.15, 0.2) is 48.8 Å². The summed E-state index contributed by atoms with van der Waals surface area (Å²) in [7, 11) is 0. The van der Waals surface area contributed by atoms with Crippen LogP contribution in [-0.2, 0) is 11.2 Å². The first-order valence-electron chi connectivity index (χ1n) is 5.54. The van der Waals surface area contributed by atoms with Crippen LogP contribution in [0.1, 0.15) is 17.0 Å². The molecule has 3 nitrogen and oxygen atoms in total. The van der Waals surface area contributed by atoms with Gasteiger partial charge in [-0.2, -0.15) is 0 Å². The molecule has 0 saturated carbocycles. The average Bonchev–Trinajstić information content (AvgIpc) is 2.38. The molecule has 92 valence electrons. The van der Waals surface area contributed by atoms with E-state index in [2.05, 4.69) is 4.98 Å². The Hall–Kier alpha value is -2.23. The first kappa shape index (κ1) is 12.2. The Labute approximate surface area is 104 Å². The van der Waals surface area contributed by atoms with Crippen molar-refractivity contribution < 1.29 is 14.3 Å². The van der Waals surface area contributed by atoms with Crippen molar-refractivity contribution in [2.24, 2.45) is 0 Å². The van der Waals surface area contributed by atoms with Gasteiger partial charge in [-0.15, -0.1) is 0 Å². The van der Waals surface area contributed by atoms with Crippen molar-refractivity contribution in [3.8, 4) is 0 Å². The van der Waals surface area contributed by atoms with E-state index in [4.69, 9.17) is 0 Å². The summed E-state index contributed by atoms with van der Waals surface area (Å²) in [5, 5.41) is 9.24. The highest BCUT2D eigenvalue weighted by Crippen LogP contribution is 2.21. The molecule has 0 spiro atoms. The monoisotopic (exact) mass is 245 g/mol. The summed E-state index contributed by atoms with van der Waals surface area (Å²) < 4.78 is 12.8. The number of carboxylic acids is 1. The van der Waals surface area contributed by atoms with Gasteiger partial charge < -0.3 is 5.11 Å². The number of hydrogen-bond donors (Lipinski definition) is 1. The quantitative estimate of drug-likeness (QED) is 0.900. The minimum absolute atomic E-state index is 0.342. The summed E-state index contributed by atoms with van der Waals surface area (Å²) in [6, 6.07) is 9.14. The maximum Gasteiger partial charge on any atom is 0.311 e. The smallest absolute Gasteiger partial charge is 0.311 e. The predicted octanol–water partition coefficient (Wildman–Crippen LogP) is 2.63. The summed E-state index contributed by atoms with van der Waals surface area (Å²) in [5.74, 6) is -1.98. The Morgan fingerprint density at radius 2 is 2.00 bits per heavy atom. The van der Waals surface area contributed by atoms with E-state index in [0.29, 0.717) is 12.0 Å². The molecule has 0 aliphatic heterocycles. The molecule has 2 aromatic rings. The zero-order valence-corrected chi connectivity index (χ0v) is 9.58. The average molecular weight is 245 g/mol. The molecule has 1 aromatic heterocycles. The Morgan fingerprint density at radius 3 is 2.56 bits per heavy atom. The molecular weight excluding hydrogens is 233 g/mol. The zero-order chi connectivity index (χ0) is 13.0. The Morgan fingerprint density at radius 1 is 1.28 bits per heavy atom. The van der Waals surface area contributed by atoms with Crippen molar-refractivity contribution >= 4 is 5.97 Å². The number of aliphatic carboxylic acids is 1. The molecule has 1 atom stereocenters. The van der Waals surface area contributed by atoms with E-state index >= 15 is 0 Å². The van der Waals surface area contributed by atoms with Gasteiger partial charge >= 0.3 is 5.97 Å². The molecule has 0 amide bonds. The van der Waals surface area contributed by atoms with E-state index < -0.39 is 11.9 Å². The van der Waals surface area contributed by atoms with Gasteiger partial charge in [-0.25, -0.2) is 4.39 Å². The second kappa shape index (κ2) is 5.40. The number of rotatable bonds is 4. The summed E-state index contributed by atoms with van der Waals surface area (Å²) >= 11 is 0. The summed E-state index contributed by atoms with van der Waals surface area (Å²) in [6.45, 7) is 0. The van der Waals surface area contributed by atoms with Gasteiger partial charge in [0.25, 0.3) is 0 Å². The van der Waals surface area contributed by atoms with Crippen LogP contribution in [0.4, 0.5) is 4.39 Å². The normalized spacial score (nSPS) is 12.1. The lowest BCUT2D eigenvalue weighted by Crippen LogP contribution is -2.14. The van der Waals surface area contributed by atoms with Crippen molar-refractivity contribution in [1.29, 1.82) is 0 Å². The Bertz CT molecular complexity index is 525. The highest BCUT2D eigenvalue weighted by Gasteiger charge is 2.20. The fourth-order valence-corrected chi connectivity index (χ4v) is 1.80. The van der Waals surface area contributed by atoms with Crippen LogP contribution < -0.4 is 0 Å². The number of halogens is 1. The topological polar surface area (TPSA) is 50.2 Å². The largest absolute Gasteiger partial charge is 0.481 e. The van der Waals surface area contributed by atoms with Crippen molar-refractivity contribution in [3.63, 3.8) is 0 Å². The van der Waals surface area contributed by atoms with Crippen LogP contribution in [0.2, 0.25) is 0 Å². The van der Waals surface area contributed by atoms with Gasteiger partial charge in [0.15, 0.2) is 0 Å².